The van der Waals surface area contributed by atoms with Crippen LogP contribution in [0.25, 0.3) is 0 Å². The Morgan fingerprint density at radius 1 is 1.53 bits per heavy atom. The van der Waals surface area contributed by atoms with Gasteiger partial charge < -0.3 is 5.32 Å². The van der Waals surface area contributed by atoms with Gasteiger partial charge >= 0.3 is 0 Å². The van der Waals surface area contributed by atoms with Gasteiger partial charge in [-0.15, -0.1) is 0 Å². The van der Waals surface area contributed by atoms with E-state index in [1.807, 2.05) is 0 Å². The maximum Gasteiger partial charge on any atom is 0.0242 e. The minimum atomic E-state index is 0.762. The van der Waals surface area contributed by atoms with Gasteiger partial charge in [0.05, 0.1) is 0 Å². The highest BCUT2D eigenvalue weighted by Crippen LogP contribution is 2.19. The highest BCUT2D eigenvalue weighted by atomic mass is 32.1. The van der Waals surface area contributed by atoms with Crippen molar-refractivity contribution in [3.8, 4) is 0 Å². The molecule has 0 aromatic carbocycles. The van der Waals surface area contributed by atoms with E-state index >= 15 is 0 Å². The van der Waals surface area contributed by atoms with Crippen LogP contribution in [-0.2, 0) is 6.54 Å². The lowest BCUT2D eigenvalue weighted by atomic mass is 10.1. The first-order chi connectivity index (χ1) is 8.24. The molecule has 2 heterocycles. The Morgan fingerprint density at radius 3 is 3.12 bits per heavy atom. The zero-order valence-electron chi connectivity index (χ0n) is 11.0. The molecule has 1 aromatic rings. The zero-order chi connectivity index (χ0) is 12.1. The van der Waals surface area contributed by atoms with E-state index < -0.39 is 0 Å². The summed E-state index contributed by atoms with van der Waals surface area (Å²) in [5, 5.41) is 8.02. The van der Waals surface area contributed by atoms with Crippen molar-refractivity contribution in [2.45, 2.75) is 26.8 Å². The molecule has 3 heteroatoms. The van der Waals surface area contributed by atoms with Crippen LogP contribution < -0.4 is 5.32 Å². The monoisotopic (exact) mass is 252 g/mol. The van der Waals surface area contributed by atoms with E-state index in [-0.39, 0.29) is 0 Å². The van der Waals surface area contributed by atoms with E-state index in [9.17, 15) is 0 Å². The molecule has 1 atom stereocenters. The van der Waals surface area contributed by atoms with Crippen LogP contribution >= 0.6 is 11.3 Å². The first-order valence-corrected chi connectivity index (χ1v) is 7.62. The quantitative estimate of drug-likeness (QED) is 0.837. The average Bonchev–Trinajstić information content (AvgIpc) is 2.90. The number of nitrogens with one attached hydrogen (secondary N) is 1. The SMILES string of the molecule is CC(C)CNCC1CCN(Cc2ccsc2)C1. The van der Waals surface area contributed by atoms with Gasteiger partial charge in [-0.05, 0) is 60.3 Å². The minimum Gasteiger partial charge on any atom is -0.316 e. The number of hydrogen-bond acceptors (Lipinski definition) is 3. The van der Waals surface area contributed by atoms with Crippen LogP contribution in [0.2, 0.25) is 0 Å². The second-order valence-corrected chi connectivity index (χ2v) is 6.35. The zero-order valence-corrected chi connectivity index (χ0v) is 11.8. The van der Waals surface area contributed by atoms with Crippen LogP contribution in [0.5, 0.6) is 0 Å². The van der Waals surface area contributed by atoms with E-state index in [2.05, 4.69) is 40.9 Å². The summed E-state index contributed by atoms with van der Waals surface area (Å²) in [4.78, 5) is 2.59. The van der Waals surface area contributed by atoms with E-state index in [1.54, 1.807) is 11.3 Å². The van der Waals surface area contributed by atoms with Gasteiger partial charge in [-0.3, -0.25) is 4.90 Å². The Hall–Kier alpha value is -0.380. The third kappa shape index (κ3) is 4.41. The fourth-order valence-corrected chi connectivity index (χ4v) is 3.10. The number of rotatable bonds is 6. The van der Waals surface area contributed by atoms with Crippen molar-refractivity contribution in [1.82, 2.24) is 10.2 Å². The molecule has 0 spiro atoms. The molecule has 1 saturated heterocycles. The lowest BCUT2D eigenvalue weighted by molar-refractivity contribution is 0.314. The molecule has 1 aromatic heterocycles. The maximum atomic E-state index is 3.58. The summed E-state index contributed by atoms with van der Waals surface area (Å²) >= 11 is 1.80. The van der Waals surface area contributed by atoms with Crippen LogP contribution in [0, 0.1) is 11.8 Å². The molecule has 2 nitrogen and oxygen atoms in total. The fourth-order valence-electron chi connectivity index (χ4n) is 2.44. The smallest absolute Gasteiger partial charge is 0.0242 e. The molecular formula is C14H24N2S. The normalized spacial score (nSPS) is 21.5. The summed E-state index contributed by atoms with van der Waals surface area (Å²) in [6.45, 7) is 10.6. The molecule has 1 unspecified atom stereocenters. The van der Waals surface area contributed by atoms with Gasteiger partial charge in [-0.1, -0.05) is 13.8 Å². The highest BCUT2D eigenvalue weighted by Gasteiger charge is 2.21. The Kier molecular flexibility index (Phi) is 5.01. The van der Waals surface area contributed by atoms with Crippen LogP contribution in [0.15, 0.2) is 16.8 Å². The second-order valence-electron chi connectivity index (χ2n) is 5.57. The van der Waals surface area contributed by atoms with Crippen LogP contribution in [-0.4, -0.2) is 31.1 Å². The van der Waals surface area contributed by atoms with Crippen molar-refractivity contribution >= 4 is 11.3 Å². The number of thiophene rings is 1. The summed E-state index contributed by atoms with van der Waals surface area (Å²) in [5.74, 6) is 1.62. The molecule has 1 N–H and O–H groups in total. The van der Waals surface area contributed by atoms with Gasteiger partial charge in [0.2, 0.25) is 0 Å². The van der Waals surface area contributed by atoms with Crippen molar-refractivity contribution in [3.05, 3.63) is 22.4 Å². The highest BCUT2D eigenvalue weighted by molar-refractivity contribution is 7.07. The summed E-state index contributed by atoms with van der Waals surface area (Å²) < 4.78 is 0. The number of hydrogen-bond donors (Lipinski definition) is 1. The molecule has 2 rings (SSSR count). The van der Waals surface area contributed by atoms with Gasteiger partial charge in [-0.25, -0.2) is 0 Å². The Labute approximate surface area is 109 Å². The second kappa shape index (κ2) is 6.53. The van der Waals surface area contributed by atoms with Crippen molar-refractivity contribution in [1.29, 1.82) is 0 Å². The molecule has 0 aliphatic carbocycles. The van der Waals surface area contributed by atoms with E-state index in [1.165, 1.54) is 31.6 Å². The predicted molar refractivity (Wildman–Crippen MR) is 75.4 cm³/mol. The lowest BCUT2D eigenvalue weighted by Gasteiger charge is -2.16. The Morgan fingerprint density at radius 2 is 2.41 bits per heavy atom. The summed E-state index contributed by atoms with van der Waals surface area (Å²) in [6.07, 6.45) is 1.36. The first kappa shape index (κ1) is 13.1. The molecule has 0 saturated carbocycles. The molecule has 0 radical (unpaired) electrons. The standard InChI is InChI=1S/C14H24N2S/c1-12(2)7-15-8-13-3-5-16(9-13)10-14-4-6-17-11-14/h4,6,11-13,15H,3,5,7-10H2,1-2H3. The molecule has 1 fully saturated rings. The maximum absolute atomic E-state index is 3.58. The lowest BCUT2D eigenvalue weighted by Crippen LogP contribution is -2.28. The minimum absolute atomic E-state index is 0.762. The van der Waals surface area contributed by atoms with Crippen molar-refractivity contribution < 1.29 is 0 Å². The Bertz CT molecular complexity index is 308. The van der Waals surface area contributed by atoms with Crippen LogP contribution in [0.4, 0.5) is 0 Å². The molecule has 96 valence electrons. The molecule has 1 aliphatic heterocycles. The van der Waals surface area contributed by atoms with E-state index in [4.69, 9.17) is 0 Å². The van der Waals surface area contributed by atoms with Gasteiger partial charge in [0.1, 0.15) is 0 Å². The average molecular weight is 252 g/mol. The molecule has 1 aliphatic rings. The van der Waals surface area contributed by atoms with Crippen LogP contribution in [0.1, 0.15) is 25.8 Å². The van der Waals surface area contributed by atoms with Crippen molar-refractivity contribution in [3.63, 3.8) is 0 Å². The van der Waals surface area contributed by atoms with Crippen LogP contribution in [0.3, 0.4) is 0 Å². The topological polar surface area (TPSA) is 15.3 Å². The van der Waals surface area contributed by atoms with E-state index in [0.29, 0.717) is 0 Å². The van der Waals surface area contributed by atoms with Gasteiger partial charge in [0, 0.05) is 13.1 Å². The Balaban J connectivity index is 1.65. The largest absolute Gasteiger partial charge is 0.316 e. The third-order valence-electron chi connectivity index (χ3n) is 3.34. The summed E-state index contributed by atoms with van der Waals surface area (Å²) in [5.41, 5.74) is 1.48. The van der Waals surface area contributed by atoms with Gasteiger partial charge in [0.15, 0.2) is 0 Å². The fraction of sp³-hybridized carbons (Fsp3) is 0.714. The third-order valence-corrected chi connectivity index (χ3v) is 4.07. The first-order valence-electron chi connectivity index (χ1n) is 6.68. The number of likely N-dealkylation sites (tertiary alicyclic amines) is 1. The summed E-state index contributed by atoms with van der Waals surface area (Å²) in [7, 11) is 0. The van der Waals surface area contributed by atoms with Crippen molar-refractivity contribution in [2.24, 2.45) is 11.8 Å². The van der Waals surface area contributed by atoms with E-state index in [0.717, 1.165) is 24.9 Å². The van der Waals surface area contributed by atoms with Crippen molar-refractivity contribution in [2.75, 3.05) is 26.2 Å². The molecular weight excluding hydrogens is 228 g/mol. The predicted octanol–water partition coefficient (Wildman–Crippen LogP) is 2.82. The van der Waals surface area contributed by atoms with Gasteiger partial charge in [-0.2, -0.15) is 11.3 Å². The molecule has 0 amide bonds. The summed E-state index contributed by atoms with van der Waals surface area (Å²) in [6, 6.07) is 2.25. The van der Waals surface area contributed by atoms with Gasteiger partial charge in [0.25, 0.3) is 0 Å². The molecule has 0 bridgehead atoms. The molecule has 17 heavy (non-hydrogen) atoms. The number of nitrogens with zero attached hydrogens (tertiary/aromatic N) is 1.